The molecule has 3 rings (SSSR count). The Morgan fingerprint density at radius 1 is 0.735 bits per heavy atom. The average molecular weight is 461 g/mol. The first-order valence-electron chi connectivity index (χ1n) is 11.7. The molecule has 5 nitrogen and oxygen atoms in total. The highest BCUT2D eigenvalue weighted by Gasteiger charge is 2.14. The summed E-state index contributed by atoms with van der Waals surface area (Å²) in [6.45, 7) is 4.78. The molecule has 0 amide bonds. The molecule has 3 aromatic rings. The number of carbonyl (C=O) groups excluding carboxylic acids is 1. The van der Waals surface area contributed by atoms with Gasteiger partial charge < -0.3 is 19.7 Å². The summed E-state index contributed by atoms with van der Waals surface area (Å²) in [5, 5.41) is 19.6. The van der Waals surface area contributed by atoms with Crippen molar-refractivity contribution >= 4 is 17.1 Å². The minimum absolute atomic E-state index is 0.202. The Labute approximate surface area is 201 Å². The van der Waals surface area contributed by atoms with Crippen LogP contribution in [-0.2, 0) is 9.53 Å². The van der Waals surface area contributed by atoms with Crippen LogP contribution in [0.25, 0.3) is 11.1 Å². The largest absolute Gasteiger partial charge is 0.508 e. The minimum atomic E-state index is -0.202. The fourth-order valence-electron chi connectivity index (χ4n) is 3.83. The van der Waals surface area contributed by atoms with Crippen LogP contribution in [0.4, 0.5) is 0 Å². The van der Waals surface area contributed by atoms with E-state index in [2.05, 4.69) is 6.92 Å². The van der Waals surface area contributed by atoms with Crippen LogP contribution in [0.15, 0.2) is 72.8 Å². The van der Waals surface area contributed by atoms with Gasteiger partial charge in [-0.1, -0.05) is 49.7 Å². The highest BCUT2D eigenvalue weighted by atomic mass is 16.5. The Morgan fingerprint density at radius 3 is 1.76 bits per heavy atom. The van der Waals surface area contributed by atoms with E-state index in [4.69, 9.17) is 9.47 Å². The number of carbonyl (C=O) groups is 1. The molecule has 5 heteroatoms. The molecule has 0 bridgehead atoms. The van der Waals surface area contributed by atoms with Crippen LogP contribution < -0.4 is 4.74 Å². The zero-order chi connectivity index (χ0) is 24.3. The third-order valence-corrected chi connectivity index (χ3v) is 5.42. The highest BCUT2D eigenvalue weighted by Crippen LogP contribution is 2.36. The minimum Gasteiger partial charge on any atom is -0.508 e. The van der Waals surface area contributed by atoms with Gasteiger partial charge in [-0.2, -0.15) is 0 Å². The van der Waals surface area contributed by atoms with Gasteiger partial charge in [0.1, 0.15) is 17.2 Å². The third kappa shape index (κ3) is 6.88. The van der Waals surface area contributed by atoms with Crippen LogP contribution in [0.2, 0.25) is 0 Å². The predicted octanol–water partition coefficient (Wildman–Crippen LogP) is 6.58. The van der Waals surface area contributed by atoms with E-state index < -0.39 is 0 Å². The van der Waals surface area contributed by atoms with E-state index >= 15 is 0 Å². The van der Waals surface area contributed by atoms with Crippen molar-refractivity contribution in [1.29, 1.82) is 0 Å². The molecule has 0 saturated heterocycles. The molecule has 0 heterocycles. The summed E-state index contributed by atoms with van der Waals surface area (Å²) < 4.78 is 10.7. The first-order valence-corrected chi connectivity index (χ1v) is 11.7. The Kier molecular flexibility index (Phi) is 9.15. The summed E-state index contributed by atoms with van der Waals surface area (Å²) >= 11 is 0. The molecule has 0 radical (unpaired) electrons. The number of benzene rings is 3. The number of aromatic hydroxyl groups is 2. The normalized spacial score (nSPS) is 10.5. The number of rotatable bonds is 11. The molecule has 2 N–H and O–H groups in total. The summed E-state index contributed by atoms with van der Waals surface area (Å²) in [5.41, 5.74) is 5.30. The summed E-state index contributed by atoms with van der Waals surface area (Å²) in [5.74, 6) is 0.983. The molecule has 0 atom stereocenters. The fourth-order valence-corrected chi connectivity index (χ4v) is 3.83. The van der Waals surface area contributed by atoms with E-state index in [1.807, 2.05) is 48.5 Å². The van der Waals surface area contributed by atoms with Crippen LogP contribution in [0.1, 0.15) is 56.2 Å². The molecule has 0 spiro atoms. The quantitative estimate of drug-likeness (QED) is 0.192. The first kappa shape index (κ1) is 24.9. The van der Waals surface area contributed by atoms with Gasteiger partial charge >= 0.3 is 5.97 Å². The van der Waals surface area contributed by atoms with E-state index in [0.717, 1.165) is 40.9 Å². The lowest BCUT2D eigenvalue weighted by molar-refractivity contribution is -0.143. The molecule has 0 fully saturated rings. The lowest BCUT2D eigenvalue weighted by Gasteiger charge is -2.18. The van der Waals surface area contributed by atoms with Crippen molar-refractivity contribution in [3.05, 3.63) is 89.5 Å². The number of hydrogen-bond donors (Lipinski definition) is 2. The van der Waals surface area contributed by atoms with Gasteiger partial charge in [-0.25, -0.2) is 0 Å². The molecule has 0 aliphatic rings. The van der Waals surface area contributed by atoms with Crippen molar-refractivity contribution in [3.8, 4) is 17.2 Å². The number of phenols is 2. The van der Waals surface area contributed by atoms with Gasteiger partial charge in [0, 0.05) is 6.42 Å². The molecule has 0 aromatic heterocycles. The van der Waals surface area contributed by atoms with E-state index in [1.165, 1.54) is 5.57 Å². The van der Waals surface area contributed by atoms with E-state index in [9.17, 15) is 15.0 Å². The summed E-state index contributed by atoms with van der Waals surface area (Å²) in [6, 6.07) is 22.4. The maximum absolute atomic E-state index is 11.5. The second kappa shape index (κ2) is 12.5. The molecule has 0 aliphatic carbocycles. The highest BCUT2D eigenvalue weighted by molar-refractivity contribution is 5.98. The molecular weight excluding hydrogens is 428 g/mol. The second-order valence-electron chi connectivity index (χ2n) is 7.98. The zero-order valence-corrected chi connectivity index (χ0v) is 19.8. The van der Waals surface area contributed by atoms with Gasteiger partial charge in [-0.05, 0) is 84.0 Å². The van der Waals surface area contributed by atoms with Crippen molar-refractivity contribution in [2.75, 3.05) is 13.2 Å². The first-order chi connectivity index (χ1) is 16.5. The van der Waals surface area contributed by atoms with Gasteiger partial charge in [0.2, 0.25) is 0 Å². The van der Waals surface area contributed by atoms with Crippen LogP contribution in [0.5, 0.6) is 17.2 Å². The van der Waals surface area contributed by atoms with Crippen LogP contribution in [0.3, 0.4) is 0 Å². The van der Waals surface area contributed by atoms with Crippen molar-refractivity contribution in [3.63, 3.8) is 0 Å². The van der Waals surface area contributed by atoms with Gasteiger partial charge in [0.25, 0.3) is 0 Å². The van der Waals surface area contributed by atoms with E-state index in [0.29, 0.717) is 26.1 Å². The predicted molar refractivity (Wildman–Crippen MR) is 135 cm³/mol. The number of phenolic OH excluding ortho intramolecular Hbond substituents is 2. The van der Waals surface area contributed by atoms with Gasteiger partial charge in [0.05, 0.1) is 13.2 Å². The Morgan fingerprint density at radius 2 is 1.26 bits per heavy atom. The van der Waals surface area contributed by atoms with Crippen molar-refractivity contribution < 1.29 is 24.5 Å². The summed E-state index contributed by atoms with van der Waals surface area (Å²) in [4.78, 5) is 11.5. The molecule has 0 unspecified atom stereocenters. The molecule has 34 heavy (non-hydrogen) atoms. The number of esters is 1. The van der Waals surface area contributed by atoms with Crippen LogP contribution in [-0.4, -0.2) is 29.4 Å². The third-order valence-electron chi connectivity index (χ3n) is 5.42. The average Bonchev–Trinajstić information content (AvgIpc) is 2.84. The van der Waals surface area contributed by atoms with E-state index in [1.54, 1.807) is 31.2 Å². The fraction of sp³-hybridized carbons (Fsp3) is 0.276. The maximum Gasteiger partial charge on any atom is 0.305 e. The van der Waals surface area contributed by atoms with E-state index in [-0.39, 0.29) is 17.5 Å². The Hall–Kier alpha value is -3.73. The standard InChI is InChI=1S/C29H32O5/c1-3-6-27(21-12-18-26(19-13-21)34-20-5-7-28(32)33-4-2)29(22-8-14-24(30)15-9-22)23-10-16-25(31)17-11-23/h8-19,30-31H,3-7,20H2,1-2H3. The van der Waals surface area contributed by atoms with Crippen LogP contribution in [0, 0.1) is 0 Å². The second-order valence-corrected chi connectivity index (χ2v) is 7.98. The molecule has 0 saturated carbocycles. The SMILES string of the molecule is CCCC(=C(c1ccc(O)cc1)c1ccc(O)cc1)c1ccc(OCCCC(=O)OCC)cc1. The topological polar surface area (TPSA) is 76.0 Å². The van der Waals surface area contributed by atoms with Crippen molar-refractivity contribution in [1.82, 2.24) is 0 Å². The van der Waals surface area contributed by atoms with Crippen molar-refractivity contribution in [2.24, 2.45) is 0 Å². The smallest absolute Gasteiger partial charge is 0.305 e. The zero-order valence-electron chi connectivity index (χ0n) is 19.8. The van der Waals surface area contributed by atoms with Gasteiger partial charge in [0.15, 0.2) is 0 Å². The van der Waals surface area contributed by atoms with Crippen molar-refractivity contribution in [2.45, 2.75) is 39.5 Å². The summed E-state index contributed by atoms with van der Waals surface area (Å²) in [7, 11) is 0. The summed E-state index contributed by atoms with van der Waals surface area (Å²) in [6.07, 6.45) is 2.77. The van der Waals surface area contributed by atoms with Crippen LogP contribution >= 0.6 is 0 Å². The molecule has 3 aromatic carbocycles. The monoisotopic (exact) mass is 460 g/mol. The lowest BCUT2D eigenvalue weighted by Crippen LogP contribution is -2.06. The van der Waals surface area contributed by atoms with Gasteiger partial charge in [-0.3, -0.25) is 4.79 Å². The molecule has 178 valence electrons. The Bertz CT molecular complexity index is 1030. The van der Waals surface area contributed by atoms with Gasteiger partial charge in [-0.15, -0.1) is 0 Å². The maximum atomic E-state index is 11.5. The number of ether oxygens (including phenoxy) is 2. The molecular formula is C29H32O5. The number of allylic oxidation sites excluding steroid dienone is 1. The lowest BCUT2D eigenvalue weighted by atomic mass is 9.87. The number of hydrogen-bond acceptors (Lipinski definition) is 5. The molecule has 0 aliphatic heterocycles. The Balaban J connectivity index is 1.89.